The lowest BCUT2D eigenvalue weighted by atomic mass is 9.82. The number of thiophene rings is 1. The maximum absolute atomic E-state index is 13.0. The third-order valence-corrected chi connectivity index (χ3v) is 10.4. The molecule has 7 nitrogen and oxygen atoms in total. The van der Waals surface area contributed by atoms with Crippen LogP contribution in [0.15, 0.2) is 24.3 Å². The van der Waals surface area contributed by atoms with E-state index in [1.807, 2.05) is 0 Å². The maximum Gasteiger partial charge on any atom is 0.433 e. The van der Waals surface area contributed by atoms with E-state index in [0.717, 1.165) is 29.9 Å². The molecule has 1 atom stereocenters. The summed E-state index contributed by atoms with van der Waals surface area (Å²) < 4.78 is 63.4. The predicted molar refractivity (Wildman–Crippen MR) is 115 cm³/mol. The Balaban J connectivity index is 1.59. The lowest BCUT2D eigenvalue weighted by Gasteiger charge is -2.50. The molecule has 0 aromatic carbocycles. The van der Waals surface area contributed by atoms with Crippen molar-refractivity contribution in [1.82, 2.24) is 10.3 Å². The molecule has 1 saturated heterocycles. The van der Waals surface area contributed by atoms with Crippen molar-refractivity contribution in [3.8, 4) is 0 Å². The van der Waals surface area contributed by atoms with E-state index < -0.39 is 37.9 Å². The van der Waals surface area contributed by atoms with Gasteiger partial charge in [-0.2, -0.15) is 13.2 Å². The Morgan fingerprint density at radius 2 is 2.03 bits per heavy atom. The quantitative estimate of drug-likeness (QED) is 0.577. The highest BCUT2D eigenvalue weighted by Gasteiger charge is 2.59. The van der Waals surface area contributed by atoms with E-state index in [0.29, 0.717) is 17.7 Å². The number of anilines is 1. The molecule has 0 unspecified atom stereocenters. The van der Waals surface area contributed by atoms with Crippen molar-refractivity contribution in [2.75, 3.05) is 11.1 Å². The fraction of sp³-hybridized carbons (Fsp3) is 0.421. The number of pyridine rings is 1. The summed E-state index contributed by atoms with van der Waals surface area (Å²) in [5, 5.41) is 13.7. The fourth-order valence-electron chi connectivity index (χ4n) is 3.98. The topological polar surface area (TPSA) is 112 Å². The van der Waals surface area contributed by atoms with Gasteiger partial charge in [-0.15, -0.1) is 11.3 Å². The van der Waals surface area contributed by atoms with E-state index in [4.69, 9.17) is 17.0 Å². The number of carbonyl (C=O) groups excluding carboxylic acids is 1. The minimum absolute atomic E-state index is 0.0695. The second kappa shape index (κ2) is 7.42. The van der Waals surface area contributed by atoms with E-state index in [1.54, 1.807) is 6.92 Å². The number of rotatable bonds is 3. The van der Waals surface area contributed by atoms with Crippen LogP contribution in [0.2, 0.25) is 5.02 Å². The molecule has 2 fully saturated rings. The first kappa shape index (κ1) is 23.0. The van der Waals surface area contributed by atoms with Gasteiger partial charge in [0.05, 0.1) is 26.1 Å². The number of amides is 1. The van der Waals surface area contributed by atoms with Crippen molar-refractivity contribution in [3.05, 3.63) is 44.7 Å². The van der Waals surface area contributed by atoms with E-state index in [1.165, 1.54) is 12.1 Å². The van der Waals surface area contributed by atoms with Gasteiger partial charge in [0.1, 0.15) is 22.1 Å². The molecule has 172 valence electrons. The van der Waals surface area contributed by atoms with Crippen molar-refractivity contribution in [1.29, 1.82) is 5.41 Å². The SMILES string of the molecule is C[C@@]1(c2sc(C(=O)Nc3cccc(C(F)(F)F)n3)cc2Cl)CS(=O)(=O)C2(CCC2)C(=N)N1. The van der Waals surface area contributed by atoms with Gasteiger partial charge in [0.15, 0.2) is 9.84 Å². The minimum atomic E-state index is -4.66. The smallest absolute Gasteiger partial charge is 0.362 e. The van der Waals surface area contributed by atoms with Gasteiger partial charge in [0.2, 0.25) is 0 Å². The van der Waals surface area contributed by atoms with Crippen molar-refractivity contribution in [3.63, 3.8) is 0 Å². The monoisotopic (exact) mass is 506 g/mol. The van der Waals surface area contributed by atoms with Crippen molar-refractivity contribution in [2.24, 2.45) is 0 Å². The molecule has 2 aromatic rings. The van der Waals surface area contributed by atoms with Gasteiger partial charge in [-0.3, -0.25) is 10.2 Å². The molecule has 0 radical (unpaired) electrons. The normalized spacial score (nSPS) is 24.0. The van der Waals surface area contributed by atoms with Gasteiger partial charge in [-0.25, -0.2) is 13.4 Å². The maximum atomic E-state index is 13.0. The number of halogens is 4. The van der Waals surface area contributed by atoms with Crippen LogP contribution in [0.3, 0.4) is 0 Å². The zero-order valence-corrected chi connectivity index (χ0v) is 19.0. The van der Waals surface area contributed by atoms with Crippen molar-refractivity contribution < 1.29 is 26.4 Å². The standard InChI is InChI=1S/C19H18ClF3N4O3S2/c1-17(9-32(29,30)18(6-3-7-18)16(24)27-17)14-10(20)8-11(31-14)15(28)26-13-5-2-4-12(25-13)19(21,22)23/h2,4-5,8H,3,6-7,9H2,1H3,(H2,24,27)(H,25,26,28)/t17-/m0/s1. The predicted octanol–water partition coefficient (Wildman–Crippen LogP) is 4.20. The zero-order valence-electron chi connectivity index (χ0n) is 16.6. The van der Waals surface area contributed by atoms with Gasteiger partial charge < -0.3 is 10.6 Å². The number of alkyl halides is 3. The van der Waals surface area contributed by atoms with Gasteiger partial charge in [0.25, 0.3) is 5.91 Å². The van der Waals surface area contributed by atoms with E-state index in [-0.39, 0.29) is 27.3 Å². The third-order valence-electron chi connectivity index (χ3n) is 5.78. The first-order valence-corrected chi connectivity index (χ1v) is 12.4. The molecule has 13 heteroatoms. The largest absolute Gasteiger partial charge is 0.433 e. The summed E-state index contributed by atoms with van der Waals surface area (Å²) >= 11 is 7.23. The summed E-state index contributed by atoms with van der Waals surface area (Å²) in [5.41, 5.74) is -2.36. The Morgan fingerprint density at radius 1 is 1.34 bits per heavy atom. The summed E-state index contributed by atoms with van der Waals surface area (Å²) in [7, 11) is -3.64. The summed E-state index contributed by atoms with van der Waals surface area (Å²) in [6.07, 6.45) is -3.14. The fourth-order valence-corrected chi connectivity index (χ4v) is 8.14. The third kappa shape index (κ3) is 3.67. The molecule has 4 rings (SSSR count). The number of nitrogens with zero attached hydrogens (tertiary/aromatic N) is 1. The van der Waals surface area contributed by atoms with Crippen LogP contribution in [0.1, 0.15) is 46.4 Å². The number of carbonyl (C=O) groups is 1. The molecular formula is C19H18ClF3N4O3S2. The molecule has 2 aromatic heterocycles. The molecule has 1 amide bonds. The second-order valence-electron chi connectivity index (χ2n) is 8.09. The number of aromatic nitrogens is 1. The second-order valence-corrected chi connectivity index (χ2v) is 11.8. The summed E-state index contributed by atoms with van der Waals surface area (Å²) in [4.78, 5) is 16.4. The van der Waals surface area contributed by atoms with Gasteiger partial charge in [0, 0.05) is 0 Å². The van der Waals surface area contributed by atoms with Crippen LogP contribution >= 0.6 is 22.9 Å². The number of amidine groups is 1. The Bertz CT molecular complexity index is 1220. The molecule has 3 heterocycles. The average molecular weight is 507 g/mol. The van der Waals surface area contributed by atoms with E-state index in [2.05, 4.69) is 15.6 Å². The van der Waals surface area contributed by atoms with Crippen LogP contribution in [-0.2, 0) is 21.6 Å². The highest BCUT2D eigenvalue weighted by atomic mass is 35.5. The molecule has 0 bridgehead atoms. The van der Waals surface area contributed by atoms with Crippen LogP contribution in [0.5, 0.6) is 0 Å². The first-order valence-electron chi connectivity index (χ1n) is 9.52. The molecular weight excluding hydrogens is 489 g/mol. The number of sulfone groups is 1. The summed E-state index contributed by atoms with van der Waals surface area (Å²) in [6.45, 7) is 1.60. The Morgan fingerprint density at radius 3 is 2.59 bits per heavy atom. The van der Waals surface area contributed by atoms with Crippen molar-refractivity contribution in [2.45, 2.75) is 42.6 Å². The molecule has 1 aliphatic carbocycles. The van der Waals surface area contributed by atoms with Crippen LogP contribution in [0.25, 0.3) is 0 Å². The lowest BCUT2D eigenvalue weighted by molar-refractivity contribution is -0.141. The summed E-state index contributed by atoms with van der Waals surface area (Å²) in [6, 6.07) is 4.45. The van der Waals surface area contributed by atoms with Gasteiger partial charge in [-0.05, 0) is 44.4 Å². The summed E-state index contributed by atoms with van der Waals surface area (Å²) in [5.74, 6) is -1.39. The molecule has 2 aliphatic rings. The molecule has 32 heavy (non-hydrogen) atoms. The van der Waals surface area contributed by atoms with Crippen LogP contribution in [0, 0.1) is 5.41 Å². The Hall–Kier alpha value is -2.18. The van der Waals surface area contributed by atoms with E-state index >= 15 is 0 Å². The zero-order chi connectivity index (χ0) is 23.5. The van der Waals surface area contributed by atoms with Crippen molar-refractivity contribution >= 4 is 50.3 Å². The van der Waals surface area contributed by atoms with Crippen LogP contribution in [0.4, 0.5) is 19.0 Å². The number of hydrogen-bond acceptors (Lipinski definition) is 6. The van der Waals surface area contributed by atoms with E-state index in [9.17, 15) is 26.4 Å². The van der Waals surface area contributed by atoms with Crippen LogP contribution in [-0.4, -0.2) is 35.6 Å². The Kier molecular flexibility index (Phi) is 5.33. The van der Waals surface area contributed by atoms with Gasteiger partial charge in [-0.1, -0.05) is 17.7 Å². The first-order chi connectivity index (χ1) is 14.8. The highest BCUT2D eigenvalue weighted by molar-refractivity contribution is 7.93. The van der Waals surface area contributed by atoms with Gasteiger partial charge >= 0.3 is 6.18 Å². The minimum Gasteiger partial charge on any atom is -0.362 e. The number of hydrogen-bond donors (Lipinski definition) is 3. The molecule has 1 spiro atoms. The number of nitrogens with one attached hydrogen (secondary N) is 3. The Labute approximate surface area is 190 Å². The lowest BCUT2D eigenvalue weighted by Crippen LogP contribution is -2.68. The highest BCUT2D eigenvalue weighted by Crippen LogP contribution is 2.48. The molecule has 1 saturated carbocycles. The molecule has 1 aliphatic heterocycles. The molecule has 3 N–H and O–H groups in total. The average Bonchev–Trinajstić information content (AvgIpc) is 3.01. The van der Waals surface area contributed by atoms with Crippen LogP contribution < -0.4 is 10.6 Å².